The minimum atomic E-state index is -1.86. The van der Waals surface area contributed by atoms with E-state index in [2.05, 4.69) is 70.4 Å². The van der Waals surface area contributed by atoms with E-state index in [1.165, 1.54) is 126 Å². The molecule has 15 atom stereocenters. The molecule has 0 radical (unpaired) electrons. The summed E-state index contributed by atoms with van der Waals surface area (Å²) < 4.78 is 0. The number of phenolic OH excluding ortho intramolecular Hbond substituents is 2. The summed E-state index contributed by atoms with van der Waals surface area (Å²) >= 11 is 0. The average Bonchev–Trinajstić information content (AvgIpc) is 1.57. The van der Waals surface area contributed by atoms with Crippen LogP contribution in [-0.4, -0.2) is 217 Å². The van der Waals surface area contributed by atoms with Gasteiger partial charge >= 0.3 is 0 Å². The maximum Gasteiger partial charge on any atom is 0.245 e. The lowest BCUT2D eigenvalue weighted by atomic mass is 9.99. The molecule has 34 heteroatoms. The highest BCUT2D eigenvalue weighted by atomic mass is 16.3. The Morgan fingerprint density at radius 1 is 0.430 bits per heavy atom. The number of aliphatic hydroxyl groups is 3. The molecule has 3 rings (SSSR count). The number of nitrogens with zero attached hydrogens (tertiary/aromatic N) is 2. The van der Waals surface area contributed by atoms with Crippen LogP contribution in [0.2, 0.25) is 0 Å². The quantitative estimate of drug-likeness (QED) is 0.0251. The Kier molecular flexibility index (Phi) is 44.2. The zero-order valence-corrected chi connectivity index (χ0v) is 68.7. The largest absolute Gasteiger partial charge is 0.508 e. The van der Waals surface area contributed by atoms with E-state index < -0.39 is 168 Å². The van der Waals surface area contributed by atoms with Crippen LogP contribution in [0.15, 0.2) is 53.5 Å². The number of hydrogen-bond acceptors (Lipinski definition) is 19. The molecule has 1 saturated heterocycles. The summed E-state index contributed by atoms with van der Waals surface area (Å²) in [5.74, 6) is -12.5. The summed E-state index contributed by atoms with van der Waals surface area (Å²) in [6.45, 7) is 19.2. The number of likely N-dealkylation sites (tertiary alicyclic amines) is 1. The number of unbranched alkanes of at least 4 members (excludes halogenated alkanes) is 12. The van der Waals surface area contributed by atoms with Crippen LogP contribution in [0, 0.1) is 17.8 Å². The molecule has 13 amide bonds. The van der Waals surface area contributed by atoms with Gasteiger partial charge in [-0.3, -0.25) is 67.3 Å². The molecule has 0 saturated carbocycles. The van der Waals surface area contributed by atoms with Crippen molar-refractivity contribution in [2.45, 2.75) is 315 Å². The number of benzene rings is 2. The number of hydrogen-bond donors (Lipinski definition) is 19. The van der Waals surface area contributed by atoms with Gasteiger partial charge in [0.25, 0.3) is 0 Å². The van der Waals surface area contributed by atoms with Crippen molar-refractivity contribution in [2.75, 3.05) is 13.1 Å². The summed E-state index contributed by atoms with van der Waals surface area (Å²) in [6, 6.07) is -6.32. The van der Waals surface area contributed by atoms with Crippen molar-refractivity contribution in [2.24, 2.45) is 39.9 Å². The second-order valence-corrected chi connectivity index (χ2v) is 31.3. The number of carbonyl (C=O) groups is 13. The van der Waals surface area contributed by atoms with Gasteiger partial charge in [0, 0.05) is 32.4 Å². The van der Waals surface area contributed by atoms with Gasteiger partial charge in [-0.25, -0.2) is 0 Å². The summed E-state index contributed by atoms with van der Waals surface area (Å²) in [5.41, 5.74) is 17.2. The Morgan fingerprint density at radius 2 is 0.807 bits per heavy atom. The van der Waals surface area contributed by atoms with Crippen molar-refractivity contribution in [3.63, 3.8) is 0 Å². The molecule has 1 fully saturated rings. The standard InChI is InChI=1S/C80H132N16O18/c1-13-14-15-16-17-18-19-20-21-22-23-24-25-30-63(102)92-64(47(6)7)75(110)95-67(52(12)99)78(113)91-61(42-46(4)5)79(114)96-40-27-29-62(96)74(109)88-58(41-45(2)3)71(106)86-48(8)69(104)85-49(9)70(105)93-65(50(10)97)76(111)90-60(44-54-33-37-56(101)38-34-54)73(108)94-66(51(11)98)77(112)89-59(43-53-31-35-55(100)36-32-53)72(107)87-57(68(81)103)28-26-39-84-80(82)83/h31-38,45-52,57-62,64-67,97-101H,13-30,39-44H2,1-12H3,(H2,81,103)(H,85,104)(H,86,106)(H,87,107)(H,88,109)(H,89,112)(H,90,111)(H,91,113)(H,92,102)(H,93,105)(H,94,108)(H,95,110)(H4,82,83,84)/t48-,49-,50+,51+,52+,57-,58-,59-,60-,61-,62-,64-,65-,66-,67-/m0/s1. The lowest BCUT2D eigenvalue weighted by Gasteiger charge is -2.32. The number of carbonyl (C=O) groups excluding carboxylic acids is 13. The van der Waals surface area contributed by atoms with Crippen molar-refractivity contribution in [3.05, 3.63) is 59.7 Å². The summed E-state index contributed by atoms with van der Waals surface area (Å²) in [7, 11) is 0. The molecule has 0 aromatic heterocycles. The predicted molar refractivity (Wildman–Crippen MR) is 429 cm³/mol. The first-order valence-electron chi connectivity index (χ1n) is 40.3. The molecule has 1 heterocycles. The van der Waals surface area contributed by atoms with Crippen LogP contribution in [0.1, 0.15) is 223 Å². The molecule has 1 aliphatic rings. The molecule has 0 bridgehead atoms. The van der Waals surface area contributed by atoms with Gasteiger partial charge in [0.05, 0.1) is 18.3 Å². The van der Waals surface area contributed by atoms with Gasteiger partial charge in [-0.2, -0.15) is 0 Å². The van der Waals surface area contributed by atoms with Crippen molar-refractivity contribution in [1.29, 1.82) is 0 Å². The molecule has 0 unspecified atom stereocenters. The number of rotatable bonds is 53. The van der Waals surface area contributed by atoms with E-state index in [4.69, 9.17) is 17.2 Å². The van der Waals surface area contributed by atoms with Crippen LogP contribution < -0.4 is 75.7 Å². The van der Waals surface area contributed by atoms with Crippen LogP contribution in [0.5, 0.6) is 11.5 Å². The second kappa shape index (κ2) is 51.2. The SMILES string of the molecule is CCCCCCCCCCCCCCCC(=O)N[C@H](C(=O)N[C@H](C(=O)N[C@@H](CC(C)C)C(=O)N1CCC[C@H]1C(=O)N[C@@H](CC(C)C)C(=O)N[C@@H](C)C(=O)N[C@@H](C)C(=O)N[C@H](C(=O)N[C@@H](Cc1ccc(O)cc1)C(=O)N[C@H](C(=O)N[C@@H](Cc1ccc(O)cc1)C(=O)N[C@@H](CCCN=C(N)N)C(N)=O)[C@@H](C)O)[C@@H](C)O)[C@@H](C)O)C(C)C. The molecule has 22 N–H and O–H groups in total. The molecule has 2 aromatic rings. The summed E-state index contributed by atoms with van der Waals surface area (Å²) in [4.78, 5) is 186. The van der Waals surface area contributed by atoms with Gasteiger partial charge in [-0.1, -0.05) is 150 Å². The normalized spacial score (nSPS) is 16.4. The van der Waals surface area contributed by atoms with Crippen molar-refractivity contribution >= 4 is 82.8 Å². The third kappa shape index (κ3) is 36.2. The van der Waals surface area contributed by atoms with Crippen LogP contribution in [0.3, 0.4) is 0 Å². The Labute approximate surface area is 670 Å². The molecule has 0 aliphatic carbocycles. The number of nitrogens with one attached hydrogen (secondary N) is 11. The van der Waals surface area contributed by atoms with E-state index >= 15 is 0 Å². The minimum absolute atomic E-state index is 0.0190. The smallest absolute Gasteiger partial charge is 0.245 e. The Balaban J connectivity index is 1.72. The highest BCUT2D eigenvalue weighted by Gasteiger charge is 2.42. The Morgan fingerprint density at radius 3 is 1.24 bits per heavy atom. The van der Waals surface area contributed by atoms with Gasteiger partial charge in [-0.15, -0.1) is 0 Å². The minimum Gasteiger partial charge on any atom is -0.508 e. The van der Waals surface area contributed by atoms with Gasteiger partial charge in [-0.05, 0) is 133 Å². The fourth-order valence-electron chi connectivity index (χ4n) is 13.0. The van der Waals surface area contributed by atoms with Crippen LogP contribution in [0.4, 0.5) is 0 Å². The van der Waals surface area contributed by atoms with Gasteiger partial charge in [0.2, 0.25) is 76.8 Å². The summed E-state index contributed by atoms with van der Waals surface area (Å²) in [6.07, 6.45) is 10.5. The molecular weight excluding hydrogens is 1470 g/mol. The van der Waals surface area contributed by atoms with Crippen LogP contribution >= 0.6 is 0 Å². The molecule has 0 spiro atoms. The van der Waals surface area contributed by atoms with Gasteiger partial charge in [0.15, 0.2) is 5.96 Å². The van der Waals surface area contributed by atoms with E-state index in [0.29, 0.717) is 24.0 Å². The Hall–Kier alpha value is -9.70. The predicted octanol–water partition coefficient (Wildman–Crippen LogP) is 1.16. The zero-order chi connectivity index (χ0) is 85.5. The van der Waals surface area contributed by atoms with Gasteiger partial charge in [0.1, 0.15) is 84.0 Å². The fraction of sp³-hybridized carbons (Fsp3) is 0.675. The molecular formula is C80H132N16O18. The first-order chi connectivity index (χ1) is 53.7. The van der Waals surface area contributed by atoms with Crippen LogP contribution in [0.25, 0.3) is 0 Å². The van der Waals surface area contributed by atoms with Gasteiger partial charge < -0.3 is 106 Å². The van der Waals surface area contributed by atoms with E-state index in [0.717, 1.165) is 39.5 Å². The maximum atomic E-state index is 14.6. The van der Waals surface area contributed by atoms with E-state index in [9.17, 15) is 87.9 Å². The fourth-order valence-corrected chi connectivity index (χ4v) is 13.0. The number of aromatic hydroxyl groups is 2. The molecule has 640 valence electrons. The number of guanidine groups is 1. The molecule has 114 heavy (non-hydrogen) atoms. The number of aliphatic imine (C=N–C) groups is 1. The lowest BCUT2D eigenvalue weighted by molar-refractivity contribution is -0.143. The van der Waals surface area contributed by atoms with Crippen molar-refractivity contribution < 1.29 is 87.9 Å². The van der Waals surface area contributed by atoms with E-state index in [1.54, 1.807) is 27.7 Å². The second-order valence-electron chi connectivity index (χ2n) is 31.3. The third-order valence-electron chi connectivity index (χ3n) is 19.6. The first-order valence-corrected chi connectivity index (χ1v) is 40.3. The van der Waals surface area contributed by atoms with E-state index in [-0.39, 0.29) is 99.7 Å². The topological polar surface area (TPSA) is 549 Å². The highest BCUT2D eigenvalue weighted by Crippen LogP contribution is 2.23. The number of phenols is 2. The van der Waals surface area contributed by atoms with Crippen molar-refractivity contribution in [3.8, 4) is 11.5 Å². The lowest BCUT2D eigenvalue weighted by Crippen LogP contribution is -2.63. The van der Waals surface area contributed by atoms with Crippen LogP contribution in [-0.2, 0) is 75.2 Å². The average molecular weight is 1610 g/mol. The zero-order valence-electron chi connectivity index (χ0n) is 68.7. The number of aliphatic hydroxyl groups excluding tert-OH is 3. The maximum absolute atomic E-state index is 14.6. The Bertz CT molecular complexity index is 3440. The van der Waals surface area contributed by atoms with Crippen molar-refractivity contribution in [1.82, 2.24) is 63.4 Å². The molecule has 34 nitrogen and oxygen atoms in total. The van der Waals surface area contributed by atoms with E-state index in [1.807, 2.05) is 13.8 Å². The highest BCUT2D eigenvalue weighted by molar-refractivity contribution is 6.00. The molecule has 1 aliphatic heterocycles. The number of nitrogens with two attached hydrogens (primary N) is 3. The molecule has 2 aromatic carbocycles. The number of amides is 13. The monoisotopic (exact) mass is 1600 g/mol. The first kappa shape index (κ1) is 98.5. The number of primary amides is 1. The third-order valence-corrected chi connectivity index (χ3v) is 19.6. The summed E-state index contributed by atoms with van der Waals surface area (Å²) in [5, 5.41) is 81.0.